The maximum atomic E-state index is 6.41. The van der Waals surface area contributed by atoms with E-state index >= 15 is 0 Å². The number of pyridine rings is 1. The largest absolute Gasteiger partial charge is 0.305 e. The highest BCUT2D eigenvalue weighted by Crippen LogP contribution is 2.30. The Kier molecular flexibility index (Phi) is 5.37. The van der Waals surface area contributed by atoms with E-state index in [1.165, 1.54) is 5.56 Å². The number of rotatable bonds is 6. The van der Waals surface area contributed by atoms with Crippen LogP contribution in [0.1, 0.15) is 56.2 Å². The zero-order valence-corrected chi connectivity index (χ0v) is 13.9. The Hall–Kier alpha value is -1.39. The molecule has 0 spiro atoms. The summed E-state index contributed by atoms with van der Waals surface area (Å²) in [5, 5.41) is 8.70. The van der Waals surface area contributed by atoms with Crippen LogP contribution in [0.25, 0.3) is 0 Å². The SMILES string of the molecule is CCCNC(c1ccnc(C)c1)c1c(Cl)cnn1C(C)C. The lowest BCUT2D eigenvalue weighted by molar-refractivity contribution is 0.471. The number of hydrogen-bond donors (Lipinski definition) is 1. The third kappa shape index (κ3) is 3.63. The van der Waals surface area contributed by atoms with Crippen molar-refractivity contribution in [1.29, 1.82) is 0 Å². The van der Waals surface area contributed by atoms with Crippen molar-refractivity contribution >= 4 is 11.6 Å². The van der Waals surface area contributed by atoms with Crippen LogP contribution in [-0.2, 0) is 0 Å². The van der Waals surface area contributed by atoms with Crippen molar-refractivity contribution in [2.45, 2.75) is 46.2 Å². The maximum Gasteiger partial charge on any atom is 0.0837 e. The molecule has 2 aromatic heterocycles. The van der Waals surface area contributed by atoms with Gasteiger partial charge in [-0.25, -0.2) is 0 Å². The first-order chi connectivity index (χ1) is 10.0. The molecular formula is C16H23ClN4. The molecule has 2 rings (SSSR count). The number of halogens is 1. The molecule has 21 heavy (non-hydrogen) atoms. The van der Waals surface area contributed by atoms with Crippen LogP contribution in [0.2, 0.25) is 5.02 Å². The van der Waals surface area contributed by atoms with E-state index in [1.54, 1.807) is 6.20 Å². The average molecular weight is 307 g/mol. The summed E-state index contributed by atoms with van der Waals surface area (Å²) < 4.78 is 1.99. The minimum absolute atomic E-state index is 0.0315. The molecule has 0 aliphatic carbocycles. The number of aromatic nitrogens is 3. The third-order valence-electron chi connectivity index (χ3n) is 3.40. The predicted molar refractivity (Wildman–Crippen MR) is 86.7 cm³/mol. The standard InChI is InChI=1S/C16H23ClN4/c1-5-7-19-15(13-6-8-18-12(4)9-13)16-14(17)10-20-21(16)11(2)3/h6,8-11,15,19H,5,7H2,1-4H3. The van der Waals surface area contributed by atoms with Gasteiger partial charge in [-0.3, -0.25) is 9.67 Å². The van der Waals surface area contributed by atoms with E-state index in [0.29, 0.717) is 5.02 Å². The minimum atomic E-state index is 0.0315. The second kappa shape index (κ2) is 7.05. The highest BCUT2D eigenvalue weighted by Gasteiger charge is 2.23. The molecular weight excluding hydrogens is 284 g/mol. The van der Waals surface area contributed by atoms with Gasteiger partial charge in [0.15, 0.2) is 0 Å². The van der Waals surface area contributed by atoms with Crippen LogP contribution in [0.5, 0.6) is 0 Å². The Balaban J connectivity index is 2.48. The minimum Gasteiger partial charge on any atom is -0.305 e. The van der Waals surface area contributed by atoms with Crippen LogP contribution in [0, 0.1) is 6.92 Å². The summed E-state index contributed by atoms with van der Waals surface area (Å²) in [7, 11) is 0. The fourth-order valence-electron chi connectivity index (χ4n) is 2.44. The molecule has 0 saturated heterocycles. The molecule has 0 aliphatic heterocycles. The lowest BCUT2D eigenvalue weighted by Gasteiger charge is -2.22. The Bertz CT molecular complexity index is 592. The molecule has 0 aliphatic rings. The summed E-state index contributed by atoms with van der Waals surface area (Å²) in [6.07, 6.45) is 4.63. The molecule has 0 bridgehead atoms. The van der Waals surface area contributed by atoms with Gasteiger partial charge in [-0.15, -0.1) is 0 Å². The molecule has 0 fully saturated rings. The molecule has 4 nitrogen and oxygen atoms in total. The summed E-state index contributed by atoms with van der Waals surface area (Å²) in [6.45, 7) is 9.31. The Morgan fingerprint density at radius 1 is 1.38 bits per heavy atom. The lowest BCUT2D eigenvalue weighted by atomic mass is 10.0. The van der Waals surface area contributed by atoms with Crippen LogP contribution in [0.3, 0.4) is 0 Å². The van der Waals surface area contributed by atoms with Crippen LogP contribution in [0.4, 0.5) is 0 Å². The first-order valence-electron chi connectivity index (χ1n) is 7.43. The predicted octanol–water partition coefficient (Wildman–Crippen LogP) is 3.91. The van der Waals surface area contributed by atoms with Gasteiger partial charge in [0.25, 0.3) is 0 Å². The number of nitrogens with one attached hydrogen (secondary N) is 1. The second-order valence-electron chi connectivity index (χ2n) is 5.53. The highest BCUT2D eigenvalue weighted by atomic mass is 35.5. The molecule has 1 unspecified atom stereocenters. The van der Waals surface area contributed by atoms with Crippen LogP contribution in [0.15, 0.2) is 24.5 Å². The van der Waals surface area contributed by atoms with Crippen LogP contribution in [-0.4, -0.2) is 21.3 Å². The van der Waals surface area contributed by atoms with Crippen molar-refractivity contribution < 1.29 is 0 Å². The Morgan fingerprint density at radius 3 is 2.76 bits per heavy atom. The van der Waals surface area contributed by atoms with Gasteiger partial charge in [-0.2, -0.15) is 5.10 Å². The fraction of sp³-hybridized carbons (Fsp3) is 0.500. The molecule has 0 amide bonds. The first kappa shape index (κ1) is 16.0. The first-order valence-corrected chi connectivity index (χ1v) is 7.81. The number of hydrogen-bond acceptors (Lipinski definition) is 3. The second-order valence-corrected chi connectivity index (χ2v) is 5.94. The Morgan fingerprint density at radius 2 is 2.14 bits per heavy atom. The van der Waals surface area contributed by atoms with Gasteiger partial charge in [0.05, 0.1) is 23.0 Å². The summed E-state index contributed by atoms with van der Waals surface area (Å²) >= 11 is 6.41. The quantitative estimate of drug-likeness (QED) is 0.880. The van der Waals surface area contributed by atoms with Crippen molar-refractivity contribution in [3.63, 3.8) is 0 Å². The molecule has 114 valence electrons. The highest BCUT2D eigenvalue weighted by molar-refractivity contribution is 6.31. The molecule has 1 atom stereocenters. The molecule has 5 heteroatoms. The van der Waals surface area contributed by atoms with E-state index in [9.17, 15) is 0 Å². The van der Waals surface area contributed by atoms with Gasteiger partial charge in [0, 0.05) is 17.9 Å². The molecule has 0 radical (unpaired) electrons. The van der Waals surface area contributed by atoms with Gasteiger partial charge < -0.3 is 5.32 Å². The summed E-state index contributed by atoms with van der Waals surface area (Å²) in [6, 6.07) is 4.43. The van der Waals surface area contributed by atoms with E-state index < -0.39 is 0 Å². The van der Waals surface area contributed by atoms with E-state index in [4.69, 9.17) is 11.6 Å². The zero-order chi connectivity index (χ0) is 15.4. The molecule has 2 aromatic rings. The van der Waals surface area contributed by atoms with Crippen molar-refractivity contribution in [3.05, 3.63) is 46.5 Å². The molecule has 1 N–H and O–H groups in total. The summed E-state index contributed by atoms with van der Waals surface area (Å²) in [5.74, 6) is 0. The normalized spacial score (nSPS) is 12.9. The third-order valence-corrected chi connectivity index (χ3v) is 3.69. The van der Waals surface area contributed by atoms with Crippen molar-refractivity contribution in [2.75, 3.05) is 6.54 Å². The molecule has 0 aromatic carbocycles. The van der Waals surface area contributed by atoms with E-state index in [1.807, 2.05) is 23.9 Å². The van der Waals surface area contributed by atoms with Gasteiger partial charge in [0.2, 0.25) is 0 Å². The van der Waals surface area contributed by atoms with Crippen molar-refractivity contribution in [3.8, 4) is 0 Å². The molecule has 2 heterocycles. The van der Waals surface area contributed by atoms with Gasteiger partial charge in [-0.1, -0.05) is 18.5 Å². The van der Waals surface area contributed by atoms with Gasteiger partial charge >= 0.3 is 0 Å². The van der Waals surface area contributed by atoms with E-state index in [-0.39, 0.29) is 12.1 Å². The van der Waals surface area contributed by atoms with Crippen molar-refractivity contribution in [1.82, 2.24) is 20.1 Å². The zero-order valence-electron chi connectivity index (χ0n) is 13.1. The summed E-state index contributed by atoms with van der Waals surface area (Å²) in [4.78, 5) is 4.28. The van der Waals surface area contributed by atoms with Gasteiger partial charge in [0.1, 0.15) is 0 Å². The fourth-order valence-corrected chi connectivity index (χ4v) is 2.68. The Labute approximate surface area is 131 Å². The lowest BCUT2D eigenvalue weighted by Crippen LogP contribution is -2.27. The average Bonchev–Trinajstić information content (AvgIpc) is 2.82. The van der Waals surface area contributed by atoms with Crippen LogP contribution >= 0.6 is 11.6 Å². The topological polar surface area (TPSA) is 42.7 Å². The monoisotopic (exact) mass is 306 g/mol. The maximum absolute atomic E-state index is 6.41. The smallest absolute Gasteiger partial charge is 0.0837 e. The number of nitrogens with zero attached hydrogens (tertiary/aromatic N) is 3. The van der Waals surface area contributed by atoms with E-state index in [0.717, 1.165) is 24.4 Å². The van der Waals surface area contributed by atoms with Crippen LogP contribution < -0.4 is 5.32 Å². The van der Waals surface area contributed by atoms with E-state index in [2.05, 4.69) is 42.2 Å². The van der Waals surface area contributed by atoms with Crippen molar-refractivity contribution in [2.24, 2.45) is 0 Å². The van der Waals surface area contributed by atoms with Gasteiger partial charge in [-0.05, 0) is 51.4 Å². The number of aryl methyl sites for hydroxylation is 1. The summed E-state index contributed by atoms with van der Waals surface area (Å²) in [5.41, 5.74) is 3.19. The molecule has 0 saturated carbocycles.